The number of methoxy groups -OCH3 is 1. The van der Waals surface area contributed by atoms with Crippen LogP contribution in [0, 0.1) is 10.1 Å². The lowest BCUT2D eigenvalue weighted by Gasteiger charge is -2.22. The first-order valence-electron chi connectivity index (χ1n) is 10.2. The summed E-state index contributed by atoms with van der Waals surface area (Å²) < 4.78 is 32.9. The summed E-state index contributed by atoms with van der Waals surface area (Å²) in [6, 6.07) is 4.11. The molecule has 35 heavy (non-hydrogen) atoms. The third-order valence-electron chi connectivity index (χ3n) is 5.00. The van der Waals surface area contributed by atoms with Crippen LogP contribution in [-0.2, 0) is 10.0 Å². The summed E-state index contributed by atoms with van der Waals surface area (Å²) in [5.74, 6) is -2.43. The first-order chi connectivity index (χ1) is 16.3. The first kappa shape index (κ1) is 27.8. The SMILES string of the molecule is CCN(CC)S(=O)(=O)c1cc(NC(=O)c2cc(Cl)c(O)c([N+](=O)[O-])c2)c(OC)c(C(=O)N(C)C)c1. The van der Waals surface area contributed by atoms with Gasteiger partial charge in [0, 0.05) is 38.8 Å². The summed E-state index contributed by atoms with van der Waals surface area (Å²) in [5.41, 5.74) is -1.38. The number of benzene rings is 2. The van der Waals surface area contributed by atoms with Gasteiger partial charge in [-0.1, -0.05) is 25.4 Å². The minimum atomic E-state index is -4.05. The van der Waals surface area contributed by atoms with E-state index in [4.69, 9.17) is 16.3 Å². The van der Waals surface area contributed by atoms with Gasteiger partial charge in [-0.2, -0.15) is 4.31 Å². The van der Waals surface area contributed by atoms with E-state index in [1.807, 2.05) is 0 Å². The van der Waals surface area contributed by atoms with E-state index < -0.39 is 43.2 Å². The van der Waals surface area contributed by atoms with Gasteiger partial charge in [-0.25, -0.2) is 8.42 Å². The molecule has 0 radical (unpaired) electrons. The fourth-order valence-corrected chi connectivity index (χ4v) is 4.95. The fourth-order valence-electron chi connectivity index (χ4n) is 3.23. The first-order valence-corrected chi connectivity index (χ1v) is 12.0. The Balaban J connectivity index is 2.73. The highest BCUT2D eigenvalue weighted by atomic mass is 35.5. The van der Waals surface area contributed by atoms with Gasteiger partial charge < -0.3 is 20.1 Å². The summed E-state index contributed by atoms with van der Waals surface area (Å²) in [6.45, 7) is 3.64. The van der Waals surface area contributed by atoms with Crippen molar-refractivity contribution in [2.75, 3.05) is 39.6 Å². The molecule has 2 rings (SSSR count). The maximum absolute atomic E-state index is 13.2. The lowest BCUT2D eigenvalue weighted by molar-refractivity contribution is -0.385. The van der Waals surface area contributed by atoms with Crippen molar-refractivity contribution in [2.45, 2.75) is 18.7 Å². The molecule has 0 spiro atoms. The van der Waals surface area contributed by atoms with Crippen molar-refractivity contribution >= 4 is 44.8 Å². The van der Waals surface area contributed by atoms with E-state index in [0.717, 1.165) is 24.3 Å². The number of anilines is 1. The molecule has 12 nitrogen and oxygen atoms in total. The smallest absolute Gasteiger partial charge is 0.313 e. The van der Waals surface area contributed by atoms with Gasteiger partial charge in [-0.05, 0) is 18.2 Å². The number of nitrogens with zero attached hydrogens (tertiary/aromatic N) is 3. The van der Waals surface area contributed by atoms with E-state index in [0.29, 0.717) is 0 Å². The van der Waals surface area contributed by atoms with Crippen molar-refractivity contribution in [3.05, 3.63) is 50.5 Å². The number of hydrogen-bond donors (Lipinski definition) is 2. The quantitative estimate of drug-likeness (QED) is 0.371. The van der Waals surface area contributed by atoms with Gasteiger partial charge in [0.15, 0.2) is 5.75 Å². The minimum absolute atomic E-state index is 0.116. The van der Waals surface area contributed by atoms with Crippen LogP contribution in [0.4, 0.5) is 11.4 Å². The molecule has 0 unspecified atom stereocenters. The Morgan fingerprint density at radius 3 is 2.26 bits per heavy atom. The Bertz CT molecular complexity index is 1280. The summed E-state index contributed by atoms with van der Waals surface area (Å²) >= 11 is 5.83. The summed E-state index contributed by atoms with van der Waals surface area (Å²) in [6.07, 6.45) is 0. The predicted octanol–water partition coefficient (Wildman–Crippen LogP) is 2.95. The molecule has 0 aromatic heterocycles. The van der Waals surface area contributed by atoms with E-state index in [-0.39, 0.29) is 40.5 Å². The monoisotopic (exact) mass is 528 g/mol. The van der Waals surface area contributed by atoms with Crippen LogP contribution >= 0.6 is 11.6 Å². The molecule has 0 fully saturated rings. The Kier molecular flexibility index (Phi) is 8.65. The molecule has 0 heterocycles. The van der Waals surface area contributed by atoms with Crippen molar-refractivity contribution in [3.63, 3.8) is 0 Å². The molecule has 0 saturated carbocycles. The molecule has 2 aromatic carbocycles. The van der Waals surface area contributed by atoms with Gasteiger partial charge in [0.1, 0.15) is 0 Å². The second-order valence-corrected chi connectivity index (χ2v) is 9.72. The Morgan fingerprint density at radius 2 is 1.77 bits per heavy atom. The van der Waals surface area contributed by atoms with Gasteiger partial charge in [0.05, 0.1) is 33.2 Å². The Labute approximate surface area is 207 Å². The van der Waals surface area contributed by atoms with Crippen LogP contribution in [-0.4, -0.2) is 73.8 Å². The van der Waals surface area contributed by atoms with Gasteiger partial charge in [-0.3, -0.25) is 19.7 Å². The average Bonchev–Trinajstić information content (AvgIpc) is 2.79. The van der Waals surface area contributed by atoms with Crippen LogP contribution in [0.3, 0.4) is 0 Å². The Hall–Kier alpha value is -3.42. The average molecular weight is 529 g/mol. The third-order valence-corrected chi connectivity index (χ3v) is 7.31. The minimum Gasteiger partial charge on any atom is -0.501 e. The van der Waals surface area contributed by atoms with Crippen molar-refractivity contribution < 1.29 is 32.8 Å². The van der Waals surface area contributed by atoms with Crippen LogP contribution in [0.5, 0.6) is 11.5 Å². The number of carbonyl (C=O) groups is 2. The maximum atomic E-state index is 13.2. The number of nitro benzene ring substituents is 1. The zero-order chi connectivity index (χ0) is 26.7. The van der Waals surface area contributed by atoms with Crippen LogP contribution in [0.25, 0.3) is 0 Å². The molecule has 0 aliphatic heterocycles. The molecule has 0 atom stereocenters. The number of nitrogens with one attached hydrogen (secondary N) is 1. The molecule has 2 N–H and O–H groups in total. The third kappa shape index (κ3) is 5.63. The number of nitro groups is 1. The largest absolute Gasteiger partial charge is 0.501 e. The number of hydrogen-bond acceptors (Lipinski definition) is 8. The Morgan fingerprint density at radius 1 is 1.17 bits per heavy atom. The maximum Gasteiger partial charge on any atom is 0.313 e. The van der Waals surface area contributed by atoms with E-state index >= 15 is 0 Å². The van der Waals surface area contributed by atoms with Gasteiger partial charge in [-0.15, -0.1) is 0 Å². The van der Waals surface area contributed by atoms with Crippen LogP contribution < -0.4 is 10.1 Å². The molecule has 0 aliphatic rings. The standard InChI is InChI=1S/C21H25ClN4O8S/c1-6-25(7-2)35(32,33)13-10-14(21(29)24(3)4)19(34-5)16(11-13)23-20(28)12-8-15(22)18(27)17(9-12)26(30)31/h8-11,27H,6-7H2,1-5H3,(H,23,28). The number of phenolic OH excluding ortho intramolecular Hbond substituents is 1. The molecule has 2 aromatic rings. The number of phenols is 1. The number of sulfonamides is 1. The van der Waals surface area contributed by atoms with E-state index in [2.05, 4.69) is 5.32 Å². The lowest BCUT2D eigenvalue weighted by Crippen LogP contribution is -2.31. The van der Waals surface area contributed by atoms with E-state index in [9.17, 15) is 33.2 Å². The number of ether oxygens (including phenoxy) is 1. The molecule has 0 saturated heterocycles. The number of carbonyl (C=O) groups excluding carboxylic acids is 2. The van der Waals surface area contributed by atoms with E-state index in [1.165, 1.54) is 30.4 Å². The van der Waals surface area contributed by atoms with Crippen LogP contribution in [0.2, 0.25) is 5.02 Å². The molecule has 190 valence electrons. The lowest BCUT2D eigenvalue weighted by atomic mass is 10.1. The topological polar surface area (TPSA) is 159 Å². The van der Waals surface area contributed by atoms with Crippen LogP contribution in [0.15, 0.2) is 29.2 Å². The second-order valence-electron chi connectivity index (χ2n) is 7.38. The summed E-state index contributed by atoms with van der Waals surface area (Å²) in [5, 5.41) is 23.0. The van der Waals surface area contributed by atoms with Crippen molar-refractivity contribution in [1.82, 2.24) is 9.21 Å². The molecule has 14 heteroatoms. The number of aromatic hydroxyl groups is 1. The normalized spacial score (nSPS) is 11.3. The summed E-state index contributed by atoms with van der Waals surface area (Å²) in [4.78, 5) is 37.0. The zero-order valence-corrected chi connectivity index (χ0v) is 21.2. The molecule has 0 aliphatic carbocycles. The van der Waals surface area contributed by atoms with Crippen molar-refractivity contribution in [2.24, 2.45) is 0 Å². The van der Waals surface area contributed by atoms with Gasteiger partial charge >= 0.3 is 5.69 Å². The van der Waals surface area contributed by atoms with Gasteiger partial charge in [0.25, 0.3) is 11.8 Å². The second kappa shape index (κ2) is 10.9. The number of amides is 2. The highest BCUT2D eigenvalue weighted by Crippen LogP contribution is 2.37. The number of rotatable bonds is 9. The van der Waals surface area contributed by atoms with Gasteiger partial charge in [0.2, 0.25) is 15.8 Å². The highest BCUT2D eigenvalue weighted by molar-refractivity contribution is 7.89. The molecule has 0 bridgehead atoms. The highest BCUT2D eigenvalue weighted by Gasteiger charge is 2.29. The van der Waals surface area contributed by atoms with Crippen molar-refractivity contribution in [3.8, 4) is 11.5 Å². The molecular weight excluding hydrogens is 504 g/mol. The van der Waals surface area contributed by atoms with Crippen LogP contribution in [0.1, 0.15) is 34.6 Å². The molecular formula is C21H25ClN4O8S. The predicted molar refractivity (Wildman–Crippen MR) is 129 cm³/mol. The van der Waals surface area contributed by atoms with E-state index in [1.54, 1.807) is 13.8 Å². The summed E-state index contributed by atoms with van der Waals surface area (Å²) in [7, 11) is 0.108. The fraction of sp³-hybridized carbons (Fsp3) is 0.333. The molecule has 2 amide bonds. The zero-order valence-electron chi connectivity index (χ0n) is 19.7. The van der Waals surface area contributed by atoms with Crippen molar-refractivity contribution in [1.29, 1.82) is 0 Å². The number of halogens is 1.